The van der Waals surface area contributed by atoms with E-state index in [1.807, 2.05) is 24.3 Å². The van der Waals surface area contributed by atoms with Crippen molar-refractivity contribution in [1.82, 2.24) is 5.32 Å². The molecule has 0 bridgehead atoms. The van der Waals surface area contributed by atoms with Crippen LogP contribution in [0.2, 0.25) is 5.02 Å². The molecule has 17 heavy (non-hydrogen) atoms. The fraction of sp³-hybridized carbons (Fsp3) is 0.462. The Morgan fingerprint density at radius 1 is 1.41 bits per heavy atom. The van der Waals surface area contributed by atoms with E-state index >= 15 is 0 Å². The Morgan fingerprint density at radius 2 is 2.06 bits per heavy atom. The average Bonchev–Trinajstić information content (AvgIpc) is 2.31. The molecule has 0 aromatic heterocycles. The lowest BCUT2D eigenvalue weighted by Gasteiger charge is -2.10. The molecule has 4 heteroatoms. The molecule has 3 nitrogen and oxygen atoms in total. The minimum absolute atomic E-state index is 0.0134. The minimum Gasteiger partial charge on any atom is -0.394 e. The van der Waals surface area contributed by atoms with Gasteiger partial charge in [-0.1, -0.05) is 23.7 Å². The first-order valence-corrected chi connectivity index (χ1v) is 6.14. The normalized spacial score (nSPS) is 12.2. The largest absolute Gasteiger partial charge is 0.394 e. The summed E-state index contributed by atoms with van der Waals surface area (Å²) < 4.78 is 0. The van der Waals surface area contributed by atoms with Gasteiger partial charge in [0.25, 0.3) is 0 Å². The van der Waals surface area contributed by atoms with Gasteiger partial charge in [0.1, 0.15) is 0 Å². The average molecular weight is 256 g/mol. The summed E-state index contributed by atoms with van der Waals surface area (Å²) in [5, 5.41) is 12.2. The summed E-state index contributed by atoms with van der Waals surface area (Å²) in [7, 11) is 0. The van der Waals surface area contributed by atoms with E-state index in [0.717, 1.165) is 17.9 Å². The number of benzene rings is 1. The van der Waals surface area contributed by atoms with Gasteiger partial charge in [-0.05, 0) is 37.5 Å². The van der Waals surface area contributed by atoms with E-state index in [1.54, 1.807) is 6.92 Å². The number of carbonyl (C=O) groups excluding carboxylic acids is 1. The Labute approximate surface area is 107 Å². The molecular weight excluding hydrogens is 238 g/mol. The second-order valence-corrected chi connectivity index (χ2v) is 4.57. The summed E-state index contributed by atoms with van der Waals surface area (Å²) in [6.45, 7) is 1.75. The van der Waals surface area contributed by atoms with Crippen molar-refractivity contribution < 1.29 is 9.90 Å². The first kappa shape index (κ1) is 14.0. The van der Waals surface area contributed by atoms with Crippen molar-refractivity contribution in [3.63, 3.8) is 0 Å². The topological polar surface area (TPSA) is 49.3 Å². The van der Waals surface area contributed by atoms with E-state index in [4.69, 9.17) is 16.7 Å². The molecule has 0 spiro atoms. The second-order valence-electron chi connectivity index (χ2n) is 4.13. The molecule has 1 atom stereocenters. The highest BCUT2D eigenvalue weighted by Gasteiger charge is 2.05. The number of amides is 1. The van der Waals surface area contributed by atoms with Crippen LogP contribution < -0.4 is 5.32 Å². The highest BCUT2D eigenvalue weighted by atomic mass is 35.5. The SMILES string of the molecule is C[C@@H](CO)NC(=O)CCCc1ccc(Cl)cc1. The van der Waals surface area contributed by atoms with Crippen molar-refractivity contribution in [2.24, 2.45) is 0 Å². The predicted molar refractivity (Wildman–Crippen MR) is 69.1 cm³/mol. The lowest BCUT2D eigenvalue weighted by Crippen LogP contribution is -2.34. The van der Waals surface area contributed by atoms with E-state index in [-0.39, 0.29) is 18.6 Å². The van der Waals surface area contributed by atoms with Gasteiger partial charge in [0.2, 0.25) is 5.91 Å². The van der Waals surface area contributed by atoms with Gasteiger partial charge < -0.3 is 10.4 Å². The van der Waals surface area contributed by atoms with Crippen LogP contribution in [0.3, 0.4) is 0 Å². The van der Waals surface area contributed by atoms with Crippen molar-refractivity contribution in [3.8, 4) is 0 Å². The molecule has 1 amide bonds. The van der Waals surface area contributed by atoms with Gasteiger partial charge in [-0.3, -0.25) is 4.79 Å². The number of aryl methyl sites for hydroxylation is 1. The maximum absolute atomic E-state index is 11.4. The summed E-state index contributed by atoms with van der Waals surface area (Å²) in [5.41, 5.74) is 1.18. The maximum atomic E-state index is 11.4. The quantitative estimate of drug-likeness (QED) is 0.819. The van der Waals surface area contributed by atoms with E-state index < -0.39 is 0 Å². The van der Waals surface area contributed by atoms with Crippen LogP contribution in [0.1, 0.15) is 25.3 Å². The van der Waals surface area contributed by atoms with Crippen molar-refractivity contribution in [2.75, 3.05) is 6.61 Å². The molecule has 0 aliphatic carbocycles. The van der Waals surface area contributed by atoms with Crippen LogP contribution in [0.15, 0.2) is 24.3 Å². The molecule has 1 aromatic rings. The zero-order valence-electron chi connectivity index (χ0n) is 9.95. The van der Waals surface area contributed by atoms with Gasteiger partial charge in [0.05, 0.1) is 6.61 Å². The van der Waals surface area contributed by atoms with Crippen LogP contribution in [0, 0.1) is 0 Å². The van der Waals surface area contributed by atoms with Gasteiger partial charge in [0, 0.05) is 17.5 Å². The lowest BCUT2D eigenvalue weighted by molar-refractivity contribution is -0.122. The molecule has 94 valence electrons. The van der Waals surface area contributed by atoms with Crippen molar-refractivity contribution in [3.05, 3.63) is 34.9 Å². The molecule has 0 radical (unpaired) electrons. The molecular formula is C13H18ClNO2. The van der Waals surface area contributed by atoms with Crippen LogP contribution in [0.4, 0.5) is 0 Å². The van der Waals surface area contributed by atoms with Crippen molar-refractivity contribution >= 4 is 17.5 Å². The molecule has 0 saturated carbocycles. The molecule has 0 saturated heterocycles. The lowest BCUT2D eigenvalue weighted by atomic mass is 10.1. The number of hydrogen-bond donors (Lipinski definition) is 2. The summed E-state index contributed by atoms with van der Waals surface area (Å²) in [4.78, 5) is 11.4. The van der Waals surface area contributed by atoms with E-state index in [9.17, 15) is 4.79 Å². The van der Waals surface area contributed by atoms with Crippen LogP contribution >= 0.6 is 11.6 Å². The molecule has 0 aliphatic rings. The molecule has 0 heterocycles. The van der Waals surface area contributed by atoms with E-state index in [0.29, 0.717) is 6.42 Å². The summed E-state index contributed by atoms with van der Waals surface area (Å²) in [6, 6.07) is 7.47. The Morgan fingerprint density at radius 3 is 2.65 bits per heavy atom. The molecule has 0 fully saturated rings. The van der Waals surface area contributed by atoms with Gasteiger partial charge in [0.15, 0.2) is 0 Å². The van der Waals surface area contributed by atoms with Crippen molar-refractivity contribution in [1.29, 1.82) is 0 Å². The third-order valence-corrected chi connectivity index (χ3v) is 2.72. The van der Waals surface area contributed by atoms with Crippen molar-refractivity contribution in [2.45, 2.75) is 32.2 Å². The number of nitrogens with one attached hydrogen (secondary N) is 1. The predicted octanol–water partition coefficient (Wildman–Crippen LogP) is 2.16. The number of rotatable bonds is 6. The van der Waals surface area contributed by atoms with Crippen LogP contribution in [0.25, 0.3) is 0 Å². The summed E-state index contributed by atoms with van der Waals surface area (Å²) in [5.74, 6) is -0.0134. The first-order chi connectivity index (χ1) is 8.11. The number of halogens is 1. The Kier molecular flexibility index (Phi) is 6.01. The number of hydrogen-bond acceptors (Lipinski definition) is 2. The Balaban J connectivity index is 2.23. The van der Waals surface area contributed by atoms with Crippen LogP contribution in [0.5, 0.6) is 0 Å². The molecule has 0 unspecified atom stereocenters. The fourth-order valence-corrected chi connectivity index (χ4v) is 1.62. The summed E-state index contributed by atoms with van der Waals surface area (Å²) in [6.07, 6.45) is 2.14. The van der Waals surface area contributed by atoms with Crippen LogP contribution in [-0.2, 0) is 11.2 Å². The first-order valence-electron chi connectivity index (χ1n) is 5.76. The zero-order chi connectivity index (χ0) is 12.7. The van der Waals surface area contributed by atoms with Crippen LogP contribution in [-0.4, -0.2) is 23.7 Å². The summed E-state index contributed by atoms with van der Waals surface area (Å²) >= 11 is 5.78. The fourth-order valence-electron chi connectivity index (χ4n) is 1.50. The number of aliphatic hydroxyl groups excluding tert-OH is 1. The number of aliphatic hydroxyl groups is 1. The Hall–Kier alpha value is -1.06. The van der Waals surface area contributed by atoms with Gasteiger partial charge >= 0.3 is 0 Å². The second kappa shape index (κ2) is 7.30. The standard InChI is InChI=1S/C13H18ClNO2/c1-10(9-16)15-13(17)4-2-3-11-5-7-12(14)8-6-11/h5-8,10,16H,2-4,9H2,1H3,(H,15,17)/t10-/m0/s1. The minimum atomic E-state index is -0.168. The smallest absolute Gasteiger partial charge is 0.220 e. The maximum Gasteiger partial charge on any atom is 0.220 e. The molecule has 2 N–H and O–H groups in total. The third-order valence-electron chi connectivity index (χ3n) is 2.46. The van der Waals surface area contributed by atoms with Gasteiger partial charge in [-0.15, -0.1) is 0 Å². The van der Waals surface area contributed by atoms with Gasteiger partial charge in [-0.2, -0.15) is 0 Å². The number of carbonyl (C=O) groups is 1. The molecule has 1 rings (SSSR count). The monoisotopic (exact) mass is 255 g/mol. The zero-order valence-corrected chi connectivity index (χ0v) is 10.7. The highest BCUT2D eigenvalue weighted by molar-refractivity contribution is 6.30. The molecule has 1 aromatic carbocycles. The van der Waals surface area contributed by atoms with Gasteiger partial charge in [-0.25, -0.2) is 0 Å². The van der Waals surface area contributed by atoms with E-state index in [1.165, 1.54) is 5.56 Å². The highest BCUT2D eigenvalue weighted by Crippen LogP contribution is 2.11. The third kappa shape index (κ3) is 5.71. The Bertz CT molecular complexity index is 351. The molecule has 0 aliphatic heterocycles. The van der Waals surface area contributed by atoms with E-state index in [2.05, 4.69) is 5.32 Å².